The van der Waals surface area contributed by atoms with Crippen molar-refractivity contribution in [2.75, 3.05) is 32.2 Å². The Morgan fingerprint density at radius 1 is 1.64 bits per heavy atom. The van der Waals surface area contributed by atoms with Crippen LogP contribution in [0.15, 0.2) is 12.4 Å². The first kappa shape index (κ1) is 8.00. The SMILES string of the molecule is CNCCN(C)n1ccnn1. The van der Waals surface area contributed by atoms with Gasteiger partial charge in [-0.05, 0) is 12.3 Å². The molecule has 1 rings (SSSR count). The van der Waals surface area contributed by atoms with E-state index in [0.29, 0.717) is 0 Å². The third-order valence-electron chi connectivity index (χ3n) is 1.45. The van der Waals surface area contributed by atoms with Crippen molar-refractivity contribution in [1.29, 1.82) is 0 Å². The van der Waals surface area contributed by atoms with Crippen LogP contribution in [0.1, 0.15) is 0 Å². The van der Waals surface area contributed by atoms with Crippen molar-refractivity contribution in [3.63, 3.8) is 0 Å². The zero-order chi connectivity index (χ0) is 8.10. The first-order chi connectivity index (χ1) is 5.34. The largest absolute Gasteiger partial charge is 0.318 e. The minimum atomic E-state index is 0.917. The highest BCUT2D eigenvalue weighted by molar-refractivity contribution is 4.78. The first-order valence-corrected chi connectivity index (χ1v) is 3.57. The number of nitrogens with one attached hydrogen (secondary N) is 1. The number of hydrogen-bond acceptors (Lipinski definition) is 4. The summed E-state index contributed by atoms with van der Waals surface area (Å²) >= 11 is 0. The van der Waals surface area contributed by atoms with Gasteiger partial charge in [-0.3, -0.25) is 5.01 Å². The van der Waals surface area contributed by atoms with Crippen molar-refractivity contribution >= 4 is 0 Å². The van der Waals surface area contributed by atoms with Crippen LogP contribution in [0, 0.1) is 0 Å². The van der Waals surface area contributed by atoms with Crippen LogP contribution in [0.5, 0.6) is 0 Å². The molecule has 0 radical (unpaired) electrons. The zero-order valence-corrected chi connectivity index (χ0v) is 6.86. The summed E-state index contributed by atoms with van der Waals surface area (Å²) in [6.07, 6.45) is 3.48. The molecule has 1 aromatic rings. The molecule has 1 aromatic heterocycles. The van der Waals surface area contributed by atoms with Gasteiger partial charge in [0.1, 0.15) is 0 Å². The van der Waals surface area contributed by atoms with Gasteiger partial charge < -0.3 is 5.32 Å². The van der Waals surface area contributed by atoms with Crippen LogP contribution < -0.4 is 10.3 Å². The molecule has 1 heterocycles. The molecule has 0 aliphatic carbocycles. The van der Waals surface area contributed by atoms with Crippen LogP contribution in [0.2, 0.25) is 0 Å². The molecule has 0 aliphatic rings. The highest BCUT2D eigenvalue weighted by Crippen LogP contribution is 1.81. The molecule has 62 valence electrons. The quantitative estimate of drug-likeness (QED) is 0.610. The van der Waals surface area contributed by atoms with E-state index in [1.54, 1.807) is 11.0 Å². The van der Waals surface area contributed by atoms with Gasteiger partial charge in [-0.2, -0.15) is 4.79 Å². The molecule has 11 heavy (non-hydrogen) atoms. The topological polar surface area (TPSA) is 46.0 Å². The second-order valence-corrected chi connectivity index (χ2v) is 2.31. The molecule has 1 N–H and O–H groups in total. The summed E-state index contributed by atoms with van der Waals surface area (Å²) in [5.74, 6) is 0. The Hall–Kier alpha value is -1.10. The molecule has 5 nitrogen and oxygen atoms in total. The summed E-state index contributed by atoms with van der Waals surface area (Å²) in [7, 11) is 3.89. The fraction of sp³-hybridized carbons (Fsp3) is 0.667. The van der Waals surface area contributed by atoms with E-state index in [0.717, 1.165) is 13.1 Å². The molecular weight excluding hydrogens is 142 g/mol. The van der Waals surface area contributed by atoms with Crippen LogP contribution in [0.4, 0.5) is 0 Å². The van der Waals surface area contributed by atoms with Gasteiger partial charge in [0.25, 0.3) is 0 Å². The van der Waals surface area contributed by atoms with Gasteiger partial charge >= 0.3 is 0 Å². The maximum Gasteiger partial charge on any atom is 0.0715 e. The van der Waals surface area contributed by atoms with Crippen molar-refractivity contribution in [3.05, 3.63) is 12.4 Å². The van der Waals surface area contributed by atoms with E-state index in [1.165, 1.54) is 0 Å². The molecule has 0 unspecified atom stereocenters. The van der Waals surface area contributed by atoms with Crippen molar-refractivity contribution in [3.8, 4) is 0 Å². The average molecular weight is 155 g/mol. The Bertz CT molecular complexity index is 183. The van der Waals surface area contributed by atoms with Crippen LogP contribution >= 0.6 is 0 Å². The van der Waals surface area contributed by atoms with Crippen LogP contribution in [-0.4, -0.2) is 42.3 Å². The number of likely N-dealkylation sites (N-methyl/N-ethyl adjacent to an activating group) is 2. The fourth-order valence-electron chi connectivity index (χ4n) is 0.760. The number of rotatable bonds is 4. The number of hydrogen-bond donors (Lipinski definition) is 1. The summed E-state index contributed by atoms with van der Waals surface area (Å²) in [6, 6.07) is 0. The molecule has 0 aromatic carbocycles. The molecule has 0 saturated carbocycles. The van der Waals surface area contributed by atoms with E-state index in [-0.39, 0.29) is 0 Å². The Morgan fingerprint density at radius 3 is 3.00 bits per heavy atom. The fourth-order valence-corrected chi connectivity index (χ4v) is 0.760. The van der Waals surface area contributed by atoms with Crippen LogP contribution in [0.3, 0.4) is 0 Å². The van der Waals surface area contributed by atoms with E-state index in [4.69, 9.17) is 0 Å². The lowest BCUT2D eigenvalue weighted by Gasteiger charge is -2.17. The maximum atomic E-state index is 3.83. The third-order valence-corrected chi connectivity index (χ3v) is 1.45. The van der Waals surface area contributed by atoms with Crippen LogP contribution in [-0.2, 0) is 0 Å². The molecular formula is C6H13N5. The van der Waals surface area contributed by atoms with Gasteiger partial charge in [-0.1, -0.05) is 0 Å². The predicted octanol–water partition coefficient (Wildman–Crippen LogP) is -0.935. The van der Waals surface area contributed by atoms with Gasteiger partial charge in [0, 0.05) is 20.1 Å². The summed E-state index contributed by atoms with van der Waals surface area (Å²) in [4.78, 5) is 1.71. The number of aromatic nitrogens is 3. The number of nitrogens with zero attached hydrogens (tertiary/aromatic N) is 4. The second-order valence-electron chi connectivity index (χ2n) is 2.31. The summed E-state index contributed by atoms with van der Waals surface area (Å²) < 4.78 is 0. The van der Waals surface area contributed by atoms with Crippen molar-refractivity contribution in [1.82, 2.24) is 20.4 Å². The van der Waals surface area contributed by atoms with Gasteiger partial charge in [-0.25, -0.2) is 0 Å². The average Bonchev–Trinajstić information content (AvgIpc) is 2.52. The van der Waals surface area contributed by atoms with Crippen molar-refractivity contribution in [2.24, 2.45) is 0 Å². The normalized spacial score (nSPS) is 10.0. The molecule has 0 atom stereocenters. The van der Waals surface area contributed by atoms with E-state index >= 15 is 0 Å². The van der Waals surface area contributed by atoms with E-state index in [1.807, 2.05) is 25.3 Å². The van der Waals surface area contributed by atoms with Gasteiger partial charge in [-0.15, -0.1) is 5.10 Å². The smallest absolute Gasteiger partial charge is 0.0715 e. The molecule has 0 bridgehead atoms. The van der Waals surface area contributed by atoms with E-state index in [9.17, 15) is 0 Å². The Kier molecular flexibility index (Phi) is 2.85. The minimum Gasteiger partial charge on any atom is -0.318 e. The summed E-state index contributed by atoms with van der Waals surface area (Å²) in [5.41, 5.74) is 0. The Morgan fingerprint density at radius 2 is 2.45 bits per heavy atom. The van der Waals surface area contributed by atoms with E-state index in [2.05, 4.69) is 15.6 Å². The molecule has 0 fully saturated rings. The molecule has 0 aliphatic heterocycles. The molecule has 5 heteroatoms. The van der Waals surface area contributed by atoms with Gasteiger partial charge in [0.15, 0.2) is 0 Å². The summed E-state index contributed by atoms with van der Waals surface area (Å²) in [5, 5.41) is 12.6. The molecule has 0 spiro atoms. The third kappa shape index (κ3) is 2.19. The molecule has 0 saturated heterocycles. The minimum absolute atomic E-state index is 0.917. The van der Waals surface area contributed by atoms with Crippen molar-refractivity contribution in [2.45, 2.75) is 0 Å². The van der Waals surface area contributed by atoms with Crippen molar-refractivity contribution < 1.29 is 0 Å². The predicted molar refractivity (Wildman–Crippen MR) is 43.0 cm³/mol. The van der Waals surface area contributed by atoms with Gasteiger partial charge in [0.2, 0.25) is 0 Å². The maximum absolute atomic E-state index is 3.83. The standard InChI is InChI=1S/C6H13N5/c1-7-3-5-10(2)11-6-4-8-9-11/h4,6-7H,3,5H2,1-2H3. The van der Waals surface area contributed by atoms with Crippen LogP contribution in [0.25, 0.3) is 0 Å². The first-order valence-electron chi connectivity index (χ1n) is 3.57. The lowest BCUT2D eigenvalue weighted by molar-refractivity contribution is 0.550. The lowest BCUT2D eigenvalue weighted by Crippen LogP contribution is -2.36. The van der Waals surface area contributed by atoms with E-state index < -0.39 is 0 Å². The monoisotopic (exact) mass is 155 g/mol. The van der Waals surface area contributed by atoms with Gasteiger partial charge in [0.05, 0.1) is 12.4 Å². The Labute approximate surface area is 66.0 Å². The summed E-state index contributed by atoms with van der Waals surface area (Å²) in [6.45, 7) is 1.86. The Balaban J connectivity index is 2.36. The lowest BCUT2D eigenvalue weighted by atomic mass is 10.6. The second kappa shape index (κ2) is 3.92. The highest BCUT2D eigenvalue weighted by atomic mass is 15.7. The highest BCUT2D eigenvalue weighted by Gasteiger charge is 1.96. The zero-order valence-electron chi connectivity index (χ0n) is 6.86. The molecule has 0 amide bonds.